The maximum absolute atomic E-state index is 13.0. The Balaban J connectivity index is 0.00000243. The molecular formula is C16H20FIN8. The third-order valence-corrected chi connectivity index (χ3v) is 4.03. The summed E-state index contributed by atoms with van der Waals surface area (Å²) in [4.78, 5) is 12.4. The fourth-order valence-electron chi connectivity index (χ4n) is 2.67. The van der Waals surface area contributed by atoms with Crippen molar-refractivity contribution in [3.63, 3.8) is 0 Å². The van der Waals surface area contributed by atoms with Gasteiger partial charge in [0.25, 0.3) is 5.82 Å². The molecule has 1 aromatic carbocycles. The lowest BCUT2D eigenvalue weighted by Crippen LogP contribution is -2.51. The summed E-state index contributed by atoms with van der Waals surface area (Å²) in [5.41, 5.74) is 7.07. The lowest BCUT2D eigenvalue weighted by molar-refractivity contribution is 0.380. The molecule has 0 bridgehead atoms. The minimum absolute atomic E-state index is 0. The normalized spacial score (nSPS) is 14.7. The van der Waals surface area contributed by atoms with Crippen LogP contribution in [0.2, 0.25) is 0 Å². The second kappa shape index (κ2) is 9.33. The largest absolute Gasteiger partial charge is 0.370 e. The van der Waals surface area contributed by atoms with Crippen molar-refractivity contribution in [2.24, 2.45) is 10.7 Å². The summed E-state index contributed by atoms with van der Waals surface area (Å²) in [6.07, 6.45) is 1.51. The van der Waals surface area contributed by atoms with Crippen LogP contribution in [0.15, 0.2) is 35.6 Å². The number of anilines is 1. The first-order valence-corrected chi connectivity index (χ1v) is 8.00. The van der Waals surface area contributed by atoms with Crippen LogP contribution in [0.3, 0.4) is 0 Å². The number of benzene rings is 1. The van der Waals surface area contributed by atoms with Gasteiger partial charge in [0.15, 0.2) is 5.96 Å². The molecule has 138 valence electrons. The molecule has 2 aromatic rings. The summed E-state index contributed by atoms with van der Waals surface area (Å²) in [6, 6.07) is 8.40. The van der Waals surface area contributed by atoms with E-state index in [9.17, 15) is 4.39 Å². The van der Waals surface area contributed by atoms with Gasteiger partial charge in [-0.15, -0.1) is 29.1 Å². The first-order chi connectivity index (χ1) is 12.2. The standard InChI is InChI=1S/C16H19FN8.HI/c17-13-1-3-14(4-2-13)23-7-9-24(10-8-23)16(19)20-5-6-25-12-21-15(11-18)22-25;/h1-4,12H,5-10H2,(H2,19,20);1H. The Bertz CT molecular complexity index is 774. The van der Waals surface area contributed by atoms with E-state index in [0.717, 1.165) is 31.9 Å². The predicted octanol–water partition coefficient (Wildman–Crippen LogP) is 1.04. The molecule has 0 saturated carbocycles. The second-order valence-corrected chi connectivity index (χ2v) is 5.63. The molecule has 0 aliphatic carbocycles. The van der Waals surface area contributed by atoms with Crippen molar-refractivity contribution in [2.75, 3.05) is 37.6 Å². The first kappa shape index (κ1) is 19.9. The molecule has 1 fully saturated rings. The van der Waals surface area contributed by atoms with E-state index < -0.39 is 0 Å². The number of aromatic nitrogens is 3. The van der Waals surface area contributed by atoms with E-state index in [1.165, 1.54) is 18.5 Å². The summed E-state index contributed by atoms with van der Waals surface area (Å²) >= 11 is 0. The number of nitriles is 1. The highest BCUT2D eigenvalue weighted by molar-refractivity contribution is 14.0. The van der Waals surface area contributed by atoms with Crippen molar-refractivity contribution in [1.29, 1.82) is 5.26 Å². The Morgan fingerprint density at radius 3 is 2.54 bits per heavy atom. The third kappa shape index (κ3) is 5.04. The van der Waals surface area contributed by atoms with E-state index in [1.807, 2.05) is 11.0 Å². The molecule has 8 nitrogen and oxygen atoms in total. The van der Waals surface area contributed by atoms with Gasteiger partial charge in [-0.3, -0.25) is 4.99 Å². The highest BCUT2D eigenvalue weighted by atomic mass is 127. The molecule has 0 unspecified atom stereocenters. The number of hydrogen-bond donors (Lipinski definition) is 1. The molecule has 1 aliphatic rings. The molecular weight excluding hydrogens is 450 g/mol. The molecule has 1 aliphatic heterocycles. The molecule has 0 amide bonds. The third-order valence-electron chi connectivity index (χ3n) is 4.03. The molecule has 2 heterocycles. The molecule has 2 N–H and O–H groups in total. The van der Waals surface area contributed by atoms with Gasteiger partial charge < -0.3 is 15.5 Å². The number of hydrogen-bond acceptors (Lipinski definition) is 5. The first-order valence-electron chi connectivity index (χ1n) is 8.00. The van der Waals surface area contributed by atoms with Crippen molar-refractivity contribution >= 4 is 35.6 Å². The lowest BCUT2D eigenvalue weighted by Gasteiger charge is -2.36. The van der Waals surface area contributed by atoms with Gasteiger partial charge in [-0.2, -0.15) is 5.26 Å². The average Bonchev–Trinajstić information content (AvgIpc) is 3.10. The molecule has 10 heteroatoms. The van der Waals surface area contributed by atoms with Gasteiger partial charge in [-0.1, -0.05) is 0 Å². The molecule has 1 aromatic heterocycles. The molecule has 3 rings (SSSR count). The summed E-state index contributed by atoms with van der Waals surface area (Å²) < 4.78 is 14.6. The van der Waals surface area contributed by atoms with Gasteiger partial charge >= 0.3 is 0 Å². The van der Waals surface area contributed by atoms with Crippen molar-refractivity contribution < 1.29 is 4.39 Å². The maximum Gasteiger partial charge on any atom is 0.252 e. The van der Waals surface area contributed by atoms with Gasteiger partial charge in [0.2, 0.25) is 0 Å². The van der Waals surface area contributed by atoms with Crippen LogP contribution in [0, 0.1) is 17.1 Å². The Morgan fingerprint density at radius 1 is 1.23 bits per heavy atom. The molecule has 26 heavy (non-hydrogen) atoms. The van der Waals surface area contributed by atoms with Crippen molar-refractivity contribution in [1.82, 2.24) is 19.7 Å². The zero-order chi connectivity index (χ0) is 17.6. The number of rotatable bonds is 4. The summed E-state index contributed by atoms with van der Waals surface area (Å²) in [5, 5.41) is 12.7. The average molecular weight is 470 g/mol. The maximum atomic E-state index is 13.0. The van der Waals surface area contributed by atoms with Crippen LogP contribution < -0.4 is 10.6 Å². The van der Waals surface area contributed by atoms with Gasteiger partial charge in [0.1, 0.15) is 18.2 Å². The van der Waals surface area contributed by atoms with Crippen LogP contribution in [0.25, 0.3) is 0 Å². The molecule has 0 atom stereocenters. The highest BCUT2D eigenvalue weighted by Gasteiger charge is 2.18. The van der Waals surface area contributed by atoms with Crippen molar-refractivity contribution in [2.45, 2.75) is 6.54 Å². The minimum Gasteiger partial charge on any atom is -0.370 e. The van der Waals surface area contributed by atoms with E-state index in [2.05, 4.69) is 20.0 Å². The van der Waals surface area contributed by atoms with E-state index in [1.54, 1.807) is 16.8 Å². The Morgan fingerprint density at radius 2 is 1.92 bits per heavy atom. The van der Waals surface area contributed by atoms with Crippen LogP contribution in [0.1, 0.15) is 5.82 Å². The zero-order valence-corrected chi connectivity index (χ0v) is 16.5. The Kier molecular flexibility index (Phi) is 7.14. The summed E-state index contributed by atoms with van der Waals surface area (Å²) in [7, 11) is 0. The zero-order valence-electron chi connectivity index (χ0n) is 14.1. The quantitative estimate of drug-likeness (QED) is 0.408. The second-order valence-electron chi connectivity index (χ2n) is 5.63. The smallest absolute Gasteiger partial charge is 0.252 e. The number of nitrogens with two attached hydrogens (primary N) is 1. The van der Waals surface area contributed by atoms with Crippen LogP contribution in [0.5, 0.6) is 0 Å². The van der Waals surface area contributed by atoms with Crippen LogP contribution in [0.4, 0.5) is 10.1 Å². The van der Waals surface area contributed by atoms with E-state index >= 15 is 0 Å². The highest BCUT2D eigenvalue weighted by Crippen LogP contribution is 2.16. The predicted molar refractivity (Wildman–Crippen MR) is 107 cm³/mol. The van der Waals surface area contributed by atoms with Crippen LogP contribution >= 0.6 is 24.0 Å². The summed E-state index contributed by atoms with van der Waals surface area (Å²) in [6.45, 7) is 4.11. The van der Waals surface area contributed by atoms with Gasteiger partial charge in [0, 0.05) is 31.9 Å². The SMILES string of the molecule is I.N#Cc1ncn(CCN=C(N)N2CCN(c3ccc(F)cc3)CC2)n1. The van der Waals surface area contributed by atoms with Gasteiger partial charge in [-0.05, 0) is 24.3 Å². The lowest BCUT2D eigenvalue weighted by atomic mass is 10.2. The van der Waals surface area contributed by atoms with E-state index in [-0.39, 0.29) is 35.6 Å². The Hall–Kier alpha value is -2.42. The topological polar surface area (TPSA) is 99.4 Å². The van der Waals surface area contributed by atoms with Crippen LogP contribution in [-0.2, 0) is 6.54 Å². The van der Waals surface area contributed by atoms with Crippen LogP contribution in [-0.4, -0.2) is 58.3 Å². The monoisotopic (exact) mass is 470 g/mol. The number of nitrogens with zero attached hydrogens (tertiary/aromatic N) is 7. The fraction of sp³-hybridized carbons (Fsp3) is 0.375. The van der Waals surface area contributed by atoms with Crippen molar-refractivity contribution in [3.8, 4) is 6.07 Å². The minimum atomic E-state index is -0.229. The van der Waals surface area contributed by atoms with E-state index in [4.69, 9.17) is 11.0 Å². The van der Waals surface area contributed by atoms with Gasteiger partial charge in [0.05, 0.1) is 13.1 Å². The fourth-order valence-corrected chi connectivity index (χ4v) is 2.67. The van der Waals surface area contributed by atoms with E-state index in [0.29, 0.717) is 19.0 Å². The summed E-state index contributed by atoms with van der Waals surface area (Å²) in [5.74, 6) is 0.418. The number of halogens is 2. The van der Waals surface area contributed by atoms with Crippen molar-refractivity contribution in [3.05, 3.63) is 42.2 Å². The Labute approximate surface area is 168 Å². The molecule has 1 saturated heterocycles. The molecule has 0 radical (unpaired) electrons. The number of aliphatic imine (C=N–C) groups is 1. The molecule has 0 spiro atoms. The number of piperazine rings is 1. The number of guanidine groups is 1. The van der Waals surface area contributed by atoms with Gasteiger partial charge in [-0.25, -0.2) is 14.1 Å².